The van der Waals surface area contributed by atoms with Crippen molar-refractivity contribution in [3.8, 4) is 0 Å². The summed E-state index contributed by atoms with van der Waals surface area (Å²) >= 11 is 0.759. The molecule has 0 spiro atoms. The van der Waals surface area contributed by atoms with Gasteiger partial charge in [0.25, 0.3) is 5.24 Å². The molecule has 3 atom stereocenters. The Balaban J connectivity index is 2.40. The normalized spacial score (nSPS) is 18.6. The smallest absolute Gasteiger partial charge is 0.316 e. The molecule has 1 aliphatic rings. The lowest BCUT2D eigenvalue weighted by Gasteiger charge is -2.37. The third-order valence-corrected chi connectivity index (χ3v) is 6.81. The number of unbranched alkanes of at least 4 members (excludes halogenated alkanes) is 11. The number of thioether (sulfide) groups is 1. The number of ether oxygens (including phenoxy) is 2. The van der Waals surface area contributed by atoms with Crippen molar-refractivity contribution in [2.75, 3.05) is 5.75 Å². The maximum Gasteiger partial charge on any atom is 0.316 e. The first-order valence-corrected chi connectivity index (χ1v) is 13.8. The molecule has 0 aromatic heterocycles. The molecule has 1 heterocycles. The van der Waals surface area contributed by atoms with Crippen LogP contribution in [-0.2, 0) is 19.1 Å². The molecule has 186 valence electrons. The summed E-state index contributed by atoms with van der Waals surface area (Å²) in [6.45, 7) is 4.40. The Hall–Kier alpha value is -1.24. The Morgan fingerprint density at radius 3 is 2.06 bits per heavy atom. The van der Waals surface area contributed by atoms with Crippen LogP contribution < -0.4 is 5.73 Å². The van der Waals surface area contributed by atoms with Crippen LogP contribution in [0.25, 0.3) is 0 Å². The van der Waals surface area contributed by atoms with Crippen LogP contribution in [0.4, 0.5) is 4.79 Å². The van der Waals surface area contributed by atoms with Gasteiger partial charge < -0.3 is 15.2 Å². The van der Waals surface area contributed by atoms with Crippen molar-refractivity contribution in [1.29, 1.82) is 0 Å². The fourth-order valence-corrected chi connectivity index (χ4v) is 4.55. The van der Waals surface area contributed by atoms with Gasteiger partial charge in [0.2, 0.25) is 0 Å². The van der Waals surface area contributed by atoms with Gasteiger partial charge in [0.1, 0.15) is 18.0 Å². The second-order valence-electron chi connectivity index (χ2n) is 9.00. The Morgan fingerprint density at radius 2 is 1.50 bits per heavy atom. The SMILES string of the molecule is CCCCCCCCCCC[C@@H](C[C@@H]1OC(=O)[C@H]1CCCCCC)OC(=O)CSC(N)=O. The van der Waals surface area contributed by atoms with E-state index in [0.717, 1.165) is 50.3 Å². The minimum absolute atomic E-state index is 0.0730. The minimum atomic E-state index is -0.586. The predicted molar refractivity (Wildman–Crippen MR) is 131 cm³/mol. The number of hydrogen-bond donors (Lipinski definition) is 1. The average Bonchev–Trinajstić information content (AvgIpc) is 2.75. The number of primary amides is 1. The second kappa shape index (κ2) is 18.2. The zero-order chi connectivity index (χ0) is 23.6. The van der Waals surface area contributed by atoms with E-state index in [-0.39, 0.29) is 29.8 Å². The van der Waals surface area contributed by atoms with E-state index in [4.69, 9.17) is 15.2 Å². The number of esters is 2. The second-order valence-corrected chi connectivity index (χ2v) is 9.98. The number of rotatable bonds is 20. The number of hydrogen-bond acceptors (Lipinski definition) is 6. The van der Waals surface area contributed by atoms with Crippen LogP contribution in [0.5, 0.6) is 0 Å². The summed E-state index contributed by atoms with van der Waals surface area (Å²) in [4.78, 5) is 35.0. The van der Waals surface area contributed by atoms with Crippen LogP contribution in [-0.4, -0.2) is 35.1 Å². The zero-order valence-corrected chi connectivity index (χ0v) is 21.1. The number of amides is 1. The summed E-state index contributed by atoms with van der Waals surface area (Å²) in [5.74, 6) is -0.700. The van der Waals surface area contributed by atoms with Gasteiger partial charge in [0.15, 0.2) is 0 Å². The molecule has 0 aliphatic carbocycles. The summed E-state index contributed by atoms with van der Waals surface area (Å²) in [7, 11) is 0. The lowest BCUT2D eigenvalue weighted by Crippen LogP contribution is -2.47. The highest BCUT2D eigenvalue weighted by atomic mass is 32.2. The van der Waals surface area contributed by atoms with Gasteiger partial charge >= 0.3 is 11.9 Å². The molecule has 1 rings (SSSR count). The van der Waals surface area contributed by atoms with Gasteiger partial charge in [-0.1, -0.05) is 103 Å². The molecule has 7 heteroatoms. The van der Waals surface area contributed by atoms with Crippen LogP contribution in [0, 0.1) is 5.92 Å². The fraction of sp³-hybridized carbons (Fsp3) is 0.880. The highest BCUT2D eigenvalue weighted by Crippen LogP contribution is 2.32. The van der Waals surface area contributed by atoms with Crippen molar-refractivity contribution >= 4 is 28.9 Å². The molecule has 0 bridgehead atoms. The Morgan fingerprint density at radius 1 is 0.938 bits per heavy atom. The van der Waals surface area contributed by atoms with E-state index in [0.29, 0.717) is 6.42 Å². The molecule has 0 aromatic carbocycles. The number of cyclic esters (lactones) is 1. The summed E-state index contributed by atoms with van der Waals surface area (Å²) in [5, 5.41) is -0.586. The summed E-state index contributed by atoms with van der Waals surface area (Å²) < 4.78 is 11.0. The molecule has 0 radical (unpaired) electrons. The summed E-state index contributed by atoms with van der Waals surface area (Å²) in [5.41, 5.74) is 5.11. The minimum Gasteiger partial charge on any atom is -0.462 e. The van der Waals surface area contributed by atoms with E-state index < -0.39 is 11.2 Å². The first kappa shape index (κ1) is 28.8. The number of carbonyl (C=O) groups excluding carboxylic acids is 3. The van der Waals surface area contributed by atoms with Crippen molar-refractivity contribution in [1.82, 2.24) is 0 Å². The quantitative estimate of drug-likeness (QED) is 0.160. The highest BCUT2D eigenvalue weighted by Gasteiger charge is 2.43. The van der Waals surface area contributed by atoms with Gasteiger partial charge in [0.05, 0.1) is 5.92 Å². The van der Waals surface area contributed by atoms with Crippen molar-refractivity contribution in [2.45, 2.75) is 129 Å². The van der Waals surface area contributed by atoms with Gasteiger partial charge in [-0.25, -0.2) is 0 Å². The summed E-state index contributed by atoms with van der Waals surface area (Å²) in [6, 6.07) is 0. The van der Waals surface area contributed by atoms with Crippen molar-refractivity contribution < 1.29 is 23.9 Å². The van der Waals surface area contributed by atoms with E-state index in [1.807, 2.05) is 0 Å². The maximum atomic E-state index is 12.1. The molecular weight excluding hydrogens is 426 g/mol. The molecular formula is C25H45NO5S. The van der Waals surface area contributed by atoms with E-state index in [2.05, 4.69) is 13.8 Å². The molecule has 32 heavy (non-hydrogen) atoms. The molecule has 0 aromatic rings. The van der Waals surface area contributed by atoms with Gasteiger partial charge in [-0.15, -0.1) is 0 Å². The van der Waals surface area contributed by atoms with Crippen molar-refractivity contribution in [3.05, 3.63) is 0 Å². The molecule has 1 fully saturated rings. The van der Waals surface area contributed by atoms with Gasteiger partial charge in [-0.2, -0.15) is 0 Å². The largest absolute Gasteiger partial charge is 0.462 e. The maximum absolute atomic E-state index is 12.1. The van der Waals surface area contributed by atoms with Gasteiger partial charge in [-0.05, 0) is 19.3 Å². The standard InChI is InChI=1S/C25H45NO5S/c1-3-5-7-9-10-11-12-13-14-16-20(30-23(27)19-32-25(26)29)18-22-21(24(28)31-22)17-15-8-6-4-2/h20-22H,3-19H2,1-2H3,(H2,26,29)/t20-,21-,22-/m0/s1. The third-order valence-electron chi connectivity index (χ3n) is 6.14. The van der Waals surface area contributed by atoms with Crippen LogP contribution in [0.3, 0.4) is 0 Å². The van der Waals surface area contributed by atoms with Crippen molar-refractivity contribution in [2.24, 2.45) is 11.7 Å². The average molecular weight is 472 g/mol. The van der Waals surface area contributed by atoms with E-state index in [9.17, 15) is 14.4 Å². The molecule has 2 N–H and O–H groups in total. The predicted octanol–water partition coefficient (Wildman–Crippen LogP) is 6.53. The topological polar surface area (TPSA) is 95.7 Å². The van der Waals surface area contributed by atoms with E-state index >= 15 is 0 Å². The lowest BCUT2D eigenvalue weighted by atomic mass is 9.86. The molecule has 1 amide bonds. The van der Waals surface area contributed by atoms with Crippen molar-refractivity contribution in [3.63, 3.8) is 0 Å². The highest BCUT2D eigenvalue weighted by molar-refractivity contribution is 8.14. The molecule has 0 unspecified atom stereocenters. The fourth-order valence-electron chi connectivity index (χ4n) is 4.22. The zero-order valence-electron chi connectivity index (χ0n) is 20.3. The Bertz CT molecular complexity index is 542. The molecule has 0 saturated carbocycles. The van der Waals surface area contributed by atoms with E-state index in [1.165, 1.54) is 57.8 Å². The summed E-state index contributed by atoms with van der Waals surface area (Å²) in [6.07, 6.45) is 17.3. The number of nitrogens with two attached hydrogens (primary N) is 1. The number of carbonyl (C=O) groups is 3. The van der Waals surface area contributed by atoms with Gasteiger partial charge in [0, 0.05) is 6.42 Å². The first-order chi connectivity index (χ1) is 15.5. The Kier molecular flexibility index (Phi) is 16.4. The monoisotopic (exact) mass is 471 g/mol. The van der Waals surface area contributed by atoms with Crippen LogP contribution in [0.2, 0.25) is 0 Å². The lowest BCUT2D eigenvalue weighted by molar-refractivity contribution is -0.190. The third kappa shape index (κ3) is 13.3. The molecule has 1 saturated heterocycles. The van der Waals surface area contributed by atoms with Crippen LogP contribution in [0.15, 0.2) is 0 Å². The van der Waals surface area contributed by atoms with Crippen LogP contribution >= 0.6 is 11.8 Å². The van der Waals surface area contributed by atoms with E-state index in [1.54, 1.807) is 0 Å². The molecule has 6 nitrogen and oxygen atoms in total. The first-order valence-electron chi connectivity index (χ1n) is 12.8. The van der Waals surface area contributed by atoms with Gasteiger partial charge in [-0.3, -0.25) is 14.4 Å². The molecule has 1 aliphatic heterocycles. The van der Waals surface area contributed by atoms with Crippen LogP contribution in [0.1, 0.15) is 117 Å². The Labute approximate surface area is 199 Å².